The number of carbonyl (C=O) groups is 2. The number of hydrogen-bond acceptors (Lipinski definition) is 5. The SMILES string of the molecule is CCN1C(=O)SC(=Cc2cc(Br)c(OC(C)C)c(OC)c2)C1=O. The van der Waals surface area contributed by atoms with Gasteiger partial charge in [0.2, 0.25) is 0 Å². The fourth-order valence-electron chi connectivity index (χ4n) is 2.10. The van der Waals surface area contributed by atoms with Gasteiger partial charge in [0, 0.05) is 6.54 Å². The van der Waals surface area contributed by atoms with Gasteiger partial charge in [-0.2, -0.15) is 0 Å². The zero-order valence-electron chi connectivity index (χ0n) is 13.4. The minimum atomic E-state index is -0.264. The third-order valence-corrected chi connectivity index (χ3v) is 4.59. The van der Waals surface area contributed by atoms with Crippen LogP contribution in [0.1, 0.15) is 26.3 Å². The molecule has 7 heteroatoms. The first-order valence-corrected chi connectivity index (χ1v) is 8.77. The highest BCUT2D eigenvalue weighted by Crippen LogP contribution is 2.39. The van der Waals surface area contributed by atoms with Crippen molar-refractivity contribution < 1.29 is 19.1 Å². The first kappa shape index (κ1) is 17.9. The van der Waals surface area contributed by atoms with Crippen LogP contribution in [0.4, 0.5) is 4.79 Å². The van der Waals surface area contributed by atoms with Gasteiger partial charge >= 0.3 is 0 Å². The van der Waals surface area contributed by atoms with E-state index in [2.05, 4.69) is 15.9 Å². The molecular formula is C16H18BrNO4S. The maximum atomic E-state index is 12.2. The Bertz CT molecular complexity index is 672. The molecule has 1 aliphatic rings. The Morgan fingerprint density at radius 2 is 2.04 bits per heavy atom. The molecule has 1 aromatic rings. The number of thioether (sulfide) groups is 1. The van der Waals surface area contributed by atoms with E-state index in [0.29, 0.717) is 22.9 Å². The van der Waals surface area contributed by atoms with Crippen LogP contribution < -0.4 is 9.47 Å². The summed E-state index contributed by atoms with van der Waals surface area (Å²) in [6.45, 7) is 6.01. The molecule has 1 aliphatic heterocycles. The molecule has 2 rings (SSSR count). The standard InChI is InChI=1S/C16H18BrNO4S/c1-5-18-15(19)13(23-16(18)20)8-10-6-11(17)14(22-9(2)3)12(7-10)21-4/h6-9H,5H2,1-4H3. The first-order chi connectivity index (χ1) is 10.9. The maximum absolute atomic E-state index is 12.2. The summed E-state index contributed by atoms with van der Waals surface area (Å²) in [5, 5.41) is -0.241. The predicted molar refractivity (Wildman–Crippen MR) is 94.8 cm³/mol. The molecule has 0 radical (unpaired) electrons. The van der Waals surface area contributed by atoms with Gasteiger partial charge in [0.05, 0.1) is 22.6 Å². The van der Waals surface area contributed by atoms with E-state index in [4.69, 9.17) is 9.47 Å². The number of carbonyl (C=O) groups excluding carboxylic acids is 2. The quantitative estimate of drug-likeness (QED) is 0.690. The Labute approximate surface area is 148 Å². The molecule has 1 fully saturated rings. The molecular weight excluding hydrogens is 382 g/mol. The van der Waals surface area contributed by atoms with Crippen molar-refractivity contribution in [2.24, 2.45) is 0 Å². The summed E-state index contributed by atoms with van der Waals surface area (Å²) >= 11 is 4.41. The lowest BCUT2D eigenvalue weighted by Gasteiger charge is -2.16. The average molecular weight is 400 g/mol. The van der Waals surface area contributed by atoms with Crippen LogP contribution in [0.15, 0.2) is 21.5 Å². The zero-order chi connectivity index (χ0) is 17.1. The molecule has 0 aromatic heterocycles. The monoisotopic (exact) mass is 399 g/mol. The lowest BCUT2D eigenvalue weighted by molar-refractivity contribution is -0.122. The molecule has 0 aliphatic carbocycles. The summed E-state index contributed by atoms with van der Waals surface area (Å²) in [5.74, 6) is 0.912. The molecule has 0 unspecified atom stereocenters. The Hall–Kier alpha value is -1.47. The largest absolute Gasteiger partial charge is 0.493 e. The van der Waals surface area contributed by atoms with Crippen LogP contribution in [0.5, 0.6) is 11.5 Å². The van der Waals surface area contributed by atoms with Crippen LogP contribution in [0.25, 0.3) is 6.08 Å². The van der Waals surface area contributed by atoms with Crippen LogP contribution >= 0.6 is 27.7 Å². The van der Waals surface area contributed by atoms with Crippen molar-refractivity contribution in [1.29, 1.82) is 0 Å². The molecule has 0 saturated carbocycles. The minimum Gasteiger partial charge on any atom is -0.493 e. The van der Waals surface area contributed by atoms with Crippen molar-refractivity contribution >= 4 is 44.9 Å². The van der Waals surface area contributed by atoms with Crippen molar-refractivity contribution in [2.45, 2.75) is 26.9 Å². The number of halogens is 1. The molecule has 5 nitrogen and oxygen atoms in total. The van der Waals surface area contributed by atoms with Crippen LogP contribution in [0.2, 0.25) is 0 Å². The number of ether oxygens (including phenoxy) is 2. The Balaban J connectivity index is 2.38. The number of methoxy groups -OCH3 is 1. The topological polar surface area (TPSA) is 55.8 Å². The van der Waals surface area contributed by atoms with Gasteiger partial charge in [-0.05, 0) is 72.2 Å². The normalized spacial score (nSPS) is 16.6. The number of hydrogen-bond donors (Lipinski definition) is 0. The summed E-state index contributed by atoms with van der Waals surface area (Å²) in [4.78, 5) is 25.5. The highest BCUT2D eigenvalue weighted by atomic mass is 79.9. The highest BCUT2D eigenvalue weighted by molar-refractivity contribution is 9.10. The van der Waals surface area contributed by atoms with E-state index in [1.807, 2.05) is 19.9 Å². The molecule has 0 atom stereocenters. The van der Waals surface area contributed by atoms with Gasteiger partial charge in [0.25, 0.3) is 11.1 Å². The number of rotatable bonds is 5. The van der Waals surface area contributed by atoms with E-state index < -0.39 is 0 Å². The van der Waals surface area contributed by atoms with E-state index >= 15 is 0 Å². The van der Waals surface area contributed by atoms with E-state index in [1.54, 1.807) is 26.2 Å². The molecule has 1 heterocycles. The molecule has 0 N–H and O–H groups in total. The van der Waals surface area contributed by atoms with Crippen molar-refractivity contribution in [3.05, 3.63) is 27.1 Å². The molecule has 1 saturated heterocycles. The third kappa shape index (κ3) is 3.90. The fraction of sp³-hybridized carbons (Fsp3) is 0.375. The van der Waals surface area contributed by atoms with Gasteiger partial charge in [-0.15, -0.1) is 0 Å². The van der Waals surface area contributed by atoms with E-state index in [0.717, 1.165) is 21.8 Å². The van der Waals surface area contributed by atoms with E-state index in [-0.39, 0.29) is 17.3 Å². The second-order valence-corrected chi connectivity index (χ2v) is 6.97. The molecule has 0 bridgehead atoms. The lowest BCUT2D eigenvalue weighted by atomic mass is 10.2. The molecule has 0 spiro atoms. The third-order valence-electron chi connectivity index (χ3n) is 3.09. The molecule has 1 aromatic carbocycles. The van der Waals surface area contributed by atoms with Crippen molar-refractivity contribution in [1.82, 2.24) is 4.90 Å². The molecule has 124 valence electrons. The second kappa shape index (κ2) is 7.40. The fourth-order valence-corrected chi connectivity index (χ4v) is 3.55. The summed E-state index contributed by atoms with van der Waals surface area (Å²) in [7, 11) is 1.56. The van der Waals surface area contributed by atoms with Gasteiger partial charge in [-0.3, -0.25) is 14.5 Å². The number of likely N-dealkylation sites (N-methyl/N-ethyl adjacent to an activating group) is 1. The number of amides is 2. The zero-order valence-corrected chi connectivity index (χ0v) is 15.8. The van der Waals surface area contributed by atoms with E-state index in [9.17, 15) is 9.59 Å². The van der Waals surface area contributed by atoms with Gasteiger partial charge in [-0.25, -0.2) is 0 Å². The smallest absolute Gasteiger partial charge is 0.293 e. The summed E-state index contributed by atoms with van der Waals surface area (Å²) in [6.07, 6.45) is 1.69. The lowest BCUT2D eigenvalue weighted by Crippen LogP contribution is -2.27. The van der Waals surface area contributed by atoms with Gasteiger partial charge < -0.3 is 9.47 Å². The number of nitrogens with zero attached hydrogens (tertiary/aromatic N) is 1. The van der Waals surface area contributed by atoms with Crippen molar-refractivity contribution in [2.75, 3.05) is 13.7 Å². The number of imide groups is 1. The van der Waals surface area contributed by atoms with Crippen LogP contribution in [-0.2, 0) is 4.79 Å². The first-order valence-electron chi connectivity index (χ1n) is 7.16. The number of benzene rings is 1. The van der Waals surface area contributed by atoms with Gasteiger partial charge in [0.1, 0.15) is 0 Å². The summed E-state index contributed by atoms with van der Waals surface area (Å²) < 4.78 is 11.8. The summed E-state index contributed by atoms with van der Waals surface area (Å²) in [5.41, 5.74) is 0.756. The Kier molecular flexibility index (Phi) is 5.75. The van der Waals surface area contributed by atoms with Crippen LogP contribution in [0, 0.1) is 0 Å². The van der Waals surface area contributed by atoms with Crippen LogP contribution in [-0.4, -0.2) is 35.8 Å². The Morgan fingerprint density at radius 3 is 2.57 bits per heavy atom. The van der Waals surface area contributed by atoms with E-state index in [1.165, 1.54) is 4.90 Å². The van der Waals surface area contributed by atoms with Crippen molar-refractivity contribution in [3.63, 3.8) is 0 Å². The van der Waals surface area contributed by atoms with Crippen molar-refractivity contribution in [3.8, 4) is 11.5 Å². The molecule has 23 heavy (non-hydrogen) atoms. The van der Waals surface area contributed by atoms with Crippen LogP contribution in [0.3, 0.4) is 0 Å². The predicted octanol–water partition coefficient (Wildman–Crippen LogP) is 4.30. The second-order valence-electron chi connectivity index (χ2n) is 5.13. The minimum absolute atomic E-state index is 0.00658. The average Bonchev–Trinajstić information content (AvgIpc) is 2.75. The Morgan fingerprint density at radius 1 is 1.35 bits per heavy atom. The summed E-state index contributed by atoms with van der Waals surface area (Å²) in [6, 6.07) is 3.61. The maximum Gasteiger partial charge on any atom is 0.293 e. The van der Waals surface area contributed by atoms with Gasteiger partial charge in [0.15, 0.2) is 11.5 Å². The highest BCUT2D eigenvalue weighted by Gasteiger charge is 2.33. The van der Waals surface area contributed by atoms with Gasteiger partial charge in [-0.1, -0.05) is 0 Å². The molecule has 2 amide bonds.